The number of hydrogen-bond acceptors (Lipinski definition) is 2. The molecule has 0 saturated carbocycles. The molecule has 3 heteroatoms. The number of ether oxygens (including phenoxy) is 1. The first-order chi connectivity index (χ1) is 13.5. The summed E-state index contributed by atoms with van der Waals surface area (Å²) >= 11 is 0. The van der Waals surface area contributed by atoms with Crippen molar-refractivity contribution in [3.05, 3.63) is 77.9 Å². The average molecular weight is 376 g/mol. The molecule has 0 N–H and O–H groups in total. The number of carbonyl (C=O) groups is 1. The number of likely N-dealkylation sites (tertiary alicyclic amines) is 1. The van der Waals surface area contributed by atoms with Gasteiger partial charge in [-0.3, -0.25) is 4.79 Å². The van der Waals surface area contributed by atoms with Crippen LogP contribution in [0, 0.1) is 11.3 Å². The van der Waals surface area contributed by atoms with Gasteiger partial charge >= 0.3 is 0 Å². The lowest BCUT2D eigenvalue weighted by atomic mass is 9.49. The van der Waals surface area contributed by atoms with E-state index in [4.69, 9.17) is 4.74 Å². The van der Waals surface area contributed by atoms with Gasteiger partial charge in [0, 0.05) is 19.0 Å². The summed E-state index contributed by atoms with van der Waals surface area (Å²) in [5.74, 6) is 1.52. The third kappa shape index (κ3) is 2.85. The van der Waals surface area contributed by atoms with Crippen molar-refractivity contribution in [2.45, 2.75) is 31.6 Å². The average Bonchev–Trinajstić information content (AvgIpc) is 2.73. The Morgan fingerprint density at radius 2 is 1.93 bits per heavy atom. The van der Waals surface area contributed by atoms with Crippen molar-refractivity contribution in [3.8, 4) is 5.75 Å². The van der Waals surface area contributed by atoms with Crippen molar-refractivity contribution < 1.29 is 9.53 Å². The number of benzene rings is 2. The van der Waals surface area contributed by atoms with Crippen molar-refractivity contribution in [1.82, 2.24) is 4.90 Å². The fourth-order valence-corrected chi connectivity index (χ4v) is 5.35. The van der Waals surface area contributed by atoms with Gasteiger partial charge in [-0.2, -0.15) is 0 Å². The Bertz CT molecular complexity index is 890. The molecule has 1 aliphatic carbocycles. The second-order valence-electron chi connectivity index (χ2n) is 8.47. The predicted octanol–water partition coefficient (Wildman–Crippen LogP) is 4.62. The normalized spacial score (nSPS) is 29.5. The molecule has 146 valence electrons. The van der Waals surface area contributed by atoms with E-state index in [1.165, 1.54) is 11.1 Å². The smallest absolute Gasteiger partial charge is 0.233 e. The van der Waals surface area contributed by atoms with Crippen LogP contribution in [0.2, 0.25) is 0 Å². The number of carbonyl (C=O) groups excluding carboxylic acids is 1. The fraction of sp³-hybridized carbons (Fsp3) is 0.400. The highest BCUT2D eigenvalue weighted by atomic mass is 16.5. The number of piperidine rings is 1. The van der Waals surface area contributed by atoms with Crippen molar-refractivity contribution >= 4 is 5.91 Å². The number of nitrogens with zero attached hydrogens (tertiary/aromatic N) is 1. The van der Waals surface area contributed by atoms with E-state index in [0.29, 0.717) is 5.92 Å². The molecule has 0 spiro atoms. The van der Waals surface area contributed by atoms with Crippen molar-refractivity contribution in [2.75, 3.05) is 20.7 Å². The van der Waals surface area contributed by atoms with E-state index in [-0.39, 0.29) is 11.3 Å². The molecule has 4 rings (SSSR count). The van der Waals surface area contributed by atoms with Crippen molar-refractivity contribution in [1.29, 1.82) is 0 Å². The summed E-state index contributed by atoms with van der Waals surface area (Å²) in [6.45, 7) is 3.04. The summed E-state index contributed by atoms with van der Waals surface area (Å²) in [5.41, 5.74) is 1.63. The summed E-state index contributed by atoms with van der Waals surface area (Å²) in [6, 6.07) is 18.8. The molecule has 0 aromatic heterocycles. The first-order valence-corrected chi connectivity index (χ1v) is 10.1. The van der Waals surface area contributed by atoms with Crippen LogP contribution in [0.15, 0.2) is 66.7 Å². The molecule has 2 aromatic carbocycles. The molecule has 1 amide bonds. The topological polar surface area (TPSA) is 29.5 Å². The summed E-state index contributed by atoms with van der Waals surface area (Å²) in [6.07, 6.45) is 7.13. The minimum Gasteiger partial charge on any atom is -0.497 e. The van der Waals surface area contributed by atoms with Gasteiger partial charge < -0.3 is 9.64 Å². The second-order valence-corrected chi connectivity index (χ2v) is 8.47. The molecule has 1 heterocycles. The monoisotopic (exact) mass is 375 g/mol. The van der Waals surface area contributed by atoms with Crippen LogP contribution in [0.3, 0.4) is 0 Å². The number of amides is 1. The van der Waals surface area contributed by atoms with Crippen LogP contribution < -0.4 is 4.74 Å². The van der Waals surface area contributed by atoms with Gasteiger partial charge in [0.15, 0.2) is 0 Å². The third-order valence-corrected chi connectivity index (χ3v) is 6.78. The van der Waals surface area contributed by atoms with E-state index < -0.39 is 5.41 Å². The summed E-state index contributed by atoms with van der Waals surface area (Å²) in [5, 5.41) is 0. The molecule has 1 saturated heterocycles. The second kappa shape index (κ2) is 7.12. The molecule has 0 bridgehead atoms. The maximum absolute atomic E-state index is 13.8. The molecule has 3 atom stereocenters. The van der Waals surface area contributed by atoms with E-state index in [1.807, 2.05) is 24.1 Å². The number of methoxy groups -OCH3 is 1. The van der Waals surface area contributed by atoms with Crippen LogP contribution in [0.4, 0.5) is 0 Å². The van der Waals surface area contributed by atoms with Crippen LogP contribution in [-0.4, -0.2) is 31.5 Å². The van der Waals surface area contributed by atoms with Gasteiger partial charge in [0.05, 0.1) is 12.5 Å². The standard InChI is InChI=1S/C25H29NO2/c1-19-12-13-25(18-20-8-5-4-6-9-20)23(27)26(2)15-14-24(25,17-19)21-10-7-11-22(16-21)28-3/h4-13,16,19H,14-15,17-18H2,1-3H3/t19-,24+,25+/m0/s1. The van der Waals surface area contributed by atoms with Crippen LogP contribution in [0.25, 0.3) is 0 Å². The Labute approximate surface area is 168 Å². The summed E-state index contributed by atoms with van der Waals surface area (Å²) in [4.78, 5) is 15.7. The highest BCUT2D eigenvalue weighted by Gasteiger charge is 2.60. The van der Waals surface area contributed by atoms with Crippen LogP contribution in [-0.2, 0) is 16.6 Å². The molecule has 2 aliphatic rings. The lowest BCUT2D eigenvalue weighted by Crippen LogP contribution is -2.62. The lowest BCUT2D eigenvalue weighted by Gasteiger charge is -2.57. The maximum atomic E-state index is 13.8. The Morgan fingerprint density at radius 1 is 1.14 bits per heavy atom. The fourth-order valence-electron chi connectivity index (χ4n) is 5.35. The van der Waals surface area contributed by atoms with Crippen LogP contribution in [0.5, 0.6) is 5.75 Å². The van der Waals surface area contributed by atoms with Crippen molar-refractivity contribution in [2.24, 2.45) is 11.3 Å². The Kier molecular flexibility index (Phi) is 4.78. The quantitative estimate of drug-likeness (QED) is 0.730. The minimum atomic E-state index is -0.569. The first kappa shape index (κ1) is 18.8. The highest BCUT2D eigenvalue weighted by molar-refractivity contribution is 5.88. The van der Waals surface area contributed by atoms with E-state index in [1.54, 1.807) is 7.11 Å². The molecular formula is C25H29NO2. The minimum absolute atomic E-state index is 0.227. The number of rotatable bonds is 4. The Morgan fingerprint density at radius 3 is 2.68 bits per heavy atom. The van der Waals surface area contributed by atoms with Gasteiger partial charge in [0.25, 0.3) is 0 Å². The van der Waals surface area contributed by atoms with Crippen LogP contribution in [0.1, 0.15) is 30.9 Å². The first-order valence-electron chi connectivity index (χ1n) is 10.1. The van der Waals surface area contributed by atoms with Gasteiger partial charge in [0.1, 0.15) is 5.75 Å². The molecule has 3 nitrogen and oxygen atoms in total. The van der Waals surface area contributed by atoms with Gasteiger partial charge in [-0.15, -0.1) is 0 Å². The van der Waals surface area contributed by atoms with E-state index in [0.717, 1.165) is 31.6 Å². The summed E-state index contributed by atoms with van der Waals surface area (Å²) in [7, 11) is 3.65. The molecular weight excluding hydrogens is 346 g/mol. The third-order valence-electron chi connectivity index (χ3n) is 6.78. The van der Waals surface area contributed by atoms with E-state index in [9.17, 15) is 4.79 Å². The SMILES string of the molecule is COc1cccc([C@]23CCN(C)C(=O)[C@]2(Cc2ccccc2)C=C[C@H](C)C3)c1. The largest absolute Gasteiger partial charge is 0.497 e. The summed E-state index contributed by atoms with van der Waals surface area (Å²) < 4.78 is 5.53. The molecule has 2 aromatic rings. The molecule has 1 fully saturated rings. The molecule has 0 unspecified atom stereocenters. The Balaban J connectivity index is 1.93. The molecule has 1 aliphatic heterocycles. The van der Waals surface area contributed by atoms with Gasteiger partial charge in [-0.25, -0.2) is 0 Å². The van der Waals surface area contributed by atoms with Crippen LogP contribution >= 0.6 is 0 Å². The lowest BCUT2D eigenvalue weighted by molar-refractivity contribution is -0.149. The highest BCUT2D eigenvalue weighted by Crippen LogP contribution is 2.57. The van der Waals surface area contributed by atoms with Crippen molar-refractivity contribution in [3.63, 3.8) is 0 Å². The maximum Gasteiger partial charge on any atom is 0.233 e. The van der Waals surface area contributed by atoms with Gasteiger partial charge in [-0.05, 0) is 48.4 Å². The van der Waals surface area contributed by atoms with Gasteiger partial charge in [0.2, 0.25) is 5.91 Å². The van der Waals surface area contributed by atoms with E-state index in [2.05, 4.69) is 61.5 Å². The molecule has 28 heavy (non-hydrogen) atoms. The molecule has 0 radical (unpaired) electrons. The zero-order chi connectivity index (χ0) is 19.8. The number of allylic oxidation sites excluding steroid dienone is 1. The zero-order valence-electron chi connectivity index (χ0n) is 17.0. The zero-order valence-corrected chi connectivity index (χ0v) is 17.0. The number of fused-ring (bicyclic) bond motifs is 1. The Hall–Kier alpha value is -2.55. The van der Waals surface area contributed by atoms with Gasteiger partial charge in [-0.1, -0.05) is 61.5 Å². The van der Waals surface area contributed by atoms with E-state index >= 15 is 0 Å². The number of hydrogen-bond donors (Lipinski definition) is 0. The predicted molar refractivity (Wildman–Crippen MR) is 112 cm³/mol.